The van der Waals surface area contributed by atoms with Crippen LogP contribution in [0.4, 0.5) is 17.1 Å². The van der Waals surface area contributed by atoms with Crippen molar-refractivity contribution in [2.24, 2.45) is 4.99 Å². The summed E-state index contributed by atoms with van der Waals surface area (Å²) < 4.78 is -0.573. The normalized spacial score (nSPS) is 13.5. The summed E-state index contributed by atoms with van der Waals surface area (Å²) in [6, 6.07) is 24.1. The largest absolute Gasteiger partial charge is 0.378 e. The molecular weight excluding hydrogens is 621 g/mol. The van der Waals surface area contributed by atoms with Crippen LogP contribution < -0.4 is 15.1 Å². The molecule has 3 aromatic rings. The van der Waals surface area contributed by atoms with Gasteiger partial charge in [0.2, 0.25) is 5.91 Å². The minimum atomic E-state index is -0.573. The summed E-state index contributed by atoms with van der Waals surface area (Å²) in [6.45, 7) is 4.42. The van der Waals surface area contributed by atoms with Crippen LogP contribution in [-0.4, -0.2) is 39.3 Å². The summed E-state index contributed by atoms with van der Waals surface area (Å²) >= 11 is 1.65. The molecule has 1 N–H and O–H groups in total. The van der Waals surface area contributed by atoms with Crippen LogP contribution in [0, 0.1) is 6.92 Å². The number of benzene rings is 3. The van der Waals surface area contributed by atoms with Gasteiger partial charge in [0.1, 0.15) is 4.75 Å². The van der Waals surface area contributed by atoms with E-state index in [4.69, 9.17) is 4.99 Å². The number of amides is 1. The summed E-state index contributed by atoms with van der Waals surface area (Å²) in [5.74, 6) is 0.0521. The van der Waals surface area contributed by atoms with Crippen molar-refractivity contribution in [3.63, 3.8) is 0 Å². The van der Waals surface area contributed by atoms with E-state index < -0.39 is 4.75 Å². The predicted molar refractivity (Wildman–Crippen MR) is 215 cm³/mol. The van der Waals surface area contributed by atoms with E-state index in [1.807, 2.05) is 0 Å². The Balaban J connectivity index is 1.36. The van der Waals surface area contributed by atoms with Gasteiger partial charge >= 0.3 is 0 Å². The molecule has 0 aromatic heterocycles. The van der Waals surface area contributed by atoms with Crippen LogP contribution in [0.2, 0.25) is 0 Å². The van der Waals surface area contributed by atoms with Crippen LogP contribution in [0.5, 0.6) is 0 Å². The van der Waals surface area contributed by atoms with Crippen LogP contribution >= 0.6 is 11.8 Å². The zero-order valence-corrected chi connectivity index (χ0v) is 32.1. The van der Waals surface area contributed by atoms with Crippen molar-refractivity contribution in [2.45, 2.75) is 121 Å². The molecule has 4 rings (SSSR count). The highest BCUT2D eigenvalue weighted by atomic mass is 32.2. The molecule has 3 aromatic carbocycles. The summed E-state index contributed by atoms with van der Waals surface area (Å²) in [4.78, 5) is 22.6. The summed E-state index contributed by atoms with van der Waals surface area (Å²) in [5, 5.41) is 3.90. The maximum absolute atomic E-state index is 13.3. The van der Waals surface area contributed by atoms with Gasteiger partial charge in [-0.3, -0.25) is 4.79 Å². The molecule has 1 amide bonds. The molecule has 0 aliphatic carbocycles. The van der Waals surface area contributed by atoms with E-state index in [-0.39, 0.29) is 5.91 Å². The number of aryl methyl sites for hydroxylation is 1. The number of unbranched alkanes of at least 4 members (excludes halogenated alkanes) is 14. The highest BCUT2D eigenvalue weighted by Crippen LogP contribution is 2.55. The first-order valence-corrected chi connectivity index (χ1v) is 19.8. The quantitative estimate of drug-likeness (QED) is 0.121. The fourth-order valence-electron chi connectivity index (χ4n) is 6.84. The first-order chi connectivity index (χ1) is 23.7. The number of hydrogen-bond donors (Lipinski definition) is 1. The summed E-state index contributed by atoms with van der Waals surface area (Å²) in [7, 11) is 8.27. The Morgan fingerprint density at radius 2 is 1.10 bits per heavy atom. The van der Waals surface area contributed by atoms with Gasteiger partial charge in [0.05, 0.1) is 5.69 Å². The van der Waals surface area contributed by atoms with Gasteiger partial charge in [-0.05, 0) is 54.8 Å². The molecule has 0 radical (unpaired) electrons. The molecule has 0 spiro atoms. The van der Waals surface area contributed by atoms with Crippen molar-refractivity contribution in [1.29, 1.82) is 0 Å². The second-order valence-corrected chi connectivity index (χ2v) is 15.6. The Morgan fingerprint density at radius 3 is 1.55 bits per heavy atom. The summed E-state index contributed by atoms with van der Waals surface area (Å²) in [5.41, 5.74) is 7.87. The fourth-order valence-corrected chi connectivity index (χ4v) is 8.22. The number of thioether (sulfide) groups is 1. The van der Waals surface area contributed by atoms with E-state index in [9.17, 15) is 4.79 Å². The maximum atomic E-state index is 13.3. The van der Waals surface area contributed by atoms with E-state index in [1.165, 1.54) is 89.0 Å². The topological polar surface area (TPSA) is 47.9 Å². The van der Waals surface area contributed by atoms with Crippen LogP contribution in [0.25, 0.3) is 0 Å². The van der Waals surface area contributed by atoms with Gasteiger partial charge < -0.3 is 15.1 Å². The molecule has 6 heteroatoms. The minimum Gasteiger partial charge on any atom is -0.378 e. The second kappa shape index (κ2) is 19.8. The number of rotatable bonds is 20. The van der Waals surface area contributed by atoms with Crippen molar-refractivity contribution in [2.75, 3.05) is 38.0 Å². The zero-order valence-electron chi connectivity index (χ0n) is 31.3. The number of aliphatic imine (C=N–C) groups is 1. The number of carbonyl (C=O) groups is 1. The lowest BCUT2D eigenvalue weighted by molar-refractivity contribution is -0.119. The fraction of sp³-hybridized carbons (Fsp3) is 0.535. The number of carbonyl (C=O) groups excluding carboxylic acids is 1. The molecule has 266 valence electrons. The molecule has 0 fully saturated rings. The third-order valence-corrected chi connectivity index (χ3v) is 11.2. The van der Waals surface area contributed by atoms with Gasteiger partial charge in [-0.1, -0.05) is 151 Å². The molecular formula is C43H62N4OS. The second-order valence-electron chi connectivity index (χ2n) is 14.4. The molecule has 1 aliphatic heterocycles. The summed E-state index contributed by atoms with van der Waals surface area (Å²) in [6.07, 6.45) is 20.3. The van der Waals surface area contributed by atoms with Crippen LogP contribution in [0.1, 0.15) is 132 Å². The lowest BCUT2D eigenvalue weighted by atomic mass is 9.82. The first kappa shape index (κ1) is 38.6. The van der Waals surface area contributed by atoms with Gasteiger partial charge in [0.15, 0.2) is 5.17 Å². The molecule has 5 nitrogen and oxygen atoms in total. The number of anilines is 2. The first-order valence-electron chi connectivity index (χ1n) is 19.0. The average molecular weight is 683 g/mol. The Labute approximate surface area is 302 Å². The minimum absolute atomic E-state index is 0.0521. The van der Waals surface area contributed by atoms with E-state index in [0.29, 0.717) is 11.6 Å². The molecule has 1 heterocycles. The molecule has 1 aliphatic rings. The zero-order chi connectivity index (χ0) is 35.1. The monoisotopic (exact) mass is 682 g/mol. The highest BCUT2D eigenvalue weighted by Gasteiger charge is 2.43. The van der Waals surface area contributed by atoms with E-state index in [2.05, 4.69) is 124 Å². The standard InChI is InChI=1S/C43H62N4OS/c1-7-8-9-10-11-12-13-14-15-16-17-18-19-20-21-22-41(48)45-42-44-40-32-23-34(2)33-39(40)43(49-42,35-24-28-37(29-25-35)46(3)4)36-26-30-38(31-27-36)47(5)6/h23-33H,7-22H2,1-6H3,(H,44,45,48). The third kappa shape index (κ3) is 11.1. The number of hydrogen-bond acceptors (Lipinski definition) is 5. The van der Waals surface area contributed by atoms with Crippen LogP contribution in [-0.2, 0) is 9.54 Å². The lowest BCUT2D eigenvalue weighted by Gasteiger charge is -2.39. The molecule has 0 saturated carbocycles. The van der Waals surface area contributed by atoms with E-state index in [0.717, 1.165) is 46.6 Å². The van der Waals surface area contributed by atoms with Gasteiger partial charge in [-0.25, -0.2) is 4.99 Å². The van der Waals surface area contributed by atoms with Gasteiger partial charge in [0, 0.05) is 51.5 Å². The van der Waals surface area contributed by atoms with Gasteiger partial charge in [0.25, 0.3) is 0 Å². The predicted octanol–water partition coefficient (Wildman–Crippen LogP) is 11.5. The van der Waals surface area contributed by atoms with Crippen molar-refractivity contribution < 1.29 is 4.79 Å². The SMILES string of the molecule is CCCCCCCCCCCCCCCCCC(=O)NC1=Nc2ccc(C)cc2C(c2ccc(N(C)C)cc2)(c2ccc(N(C)C)cc2)S1. The molecule has 49 heavy (non-hydrogen) atoms. The Hall–Kier alpha value is -3.25. The molecule has 0 saturated heterocycles. The smallest absolute Gasteiger partial charge is 0.225 e. The van der Waals surface area contributed by atoms with E-state index >= 15 is 0 Å². The van der Waals surface area contributed by atoms with Gasteiger partial charge in [-0.15, -0.1) is 0 Å². The number of nitrogens with zero attached hydrogens (tertiary/aromatic N) is 3. The average Bonchev–Trinajstić information content (AvgIpc) is 3.10. The number of nitrogens with one attached hydrogen (secondary N) is 1. The Kier molecular flexibility index (Phi) is 15.6. The third-order valence-electron chi connectivity index (χ3n) is 9.84. The number of fused-ring (bicyclic) bond motifs is 1. The molecule has 0 atom stereocenters. The van der Waals surface area contributed by atoms with Crippen LogP contribution in [0.15, 0.2) is 71.7 Å². The van der Waals surface area contributed by atoms with Crippen molar-refractivity contribution in [3.8, 4) is 0 Å². The lowest BCUT2D eigenvalue weighted by Crippen LogP contribution is -2.37. The van der Waals surface area contributed by atoms with Crippen molar-refractivity contribution in [3.05, 3.63) is 89.0 Å². The Bertz CT molecular complexity index is 1410. The maximum Gasteiger partial charge on any atom is 0.225 e. The highest BCUT2D eigenvalue weighted by molar-refractivity contribution is 8.15. The molecule has 0 bridgehead atoms. The van der Waals surface area contributed by atoms with Crippen LogP contribution in [0.3, 0.4) is 0 Å². The Morgan fingerprint density at radius 1 is 0.653 bits per heavy atom. The van der Waals surface area contributed by atoms with Crippen molar-refractivity contribution >= 4 is 39.9 Å². The number of amidine groups is 1. The van der Waals surface area contributed by atoms with Gasteiger partial charge in [-0.2, -0.15) is 0 Å². The molecule has 0 unspecified atom stereocenters. The van der Waals surface area contributed by atoms with E-state index in [1.54, 1.807) is 11.8 Å². The van der Waals surface area contributed by atoms with Crippen molar-refractivity contribution in [1.82, 2.24) is 5.32 Å².